The number of unbranched alkanes of at least 4 members (excludes halogenated alkanes) is 1. The van der Waals surface area contributed by atoms with E-state index >= 15 is 0 Å². The average Bonchev–Trinajstić information content (AvgIpc) is 3.33. The molecule has 0 aliphatic heterocycles. The van der Waals surface area contributed by atoms with Crippen molar-refractivity contribution in [3.63, 3.8) is 0 Å². The number of carbonyl (C=O) groups is 2. The second-order valence-electron chi connectivity index (χ2n) is 6.06. The zero-order chi connectivity index (χ0) is 16.1. The number of carbonyl (C=O) groups excluding carboxylic acids is 2. The summed E-state index contributed by atoms with van der Waals surface area (Å²) in [5.74, 6) is -0.211. The van der Waals surface area contributed by atoms with E-state index < -0.39 is 0 Å². The molecule has 2 atom stereocenters. The number of nitrogens with one attached hydrogen (secondary N) is 1. The fourth-order valence-electron chi connectivity index (χ4n) is 2.72. The fraction of sp³-hybridized carbons (Fsp3) is 0.556. The Balaban J connectivity index is 1.89. The number of amides is 2. The third-order valence-corrected chi connectivity index (χ3v) is 4.32. The molecule has 1 aromatic rings. The van der Waals surface area contributed by atoms with E-state index in [9.17, 15) is 9.59 Å². The second kappa shape index (κ2) is 7.43. The Hall–Kier alpha value is -1.84. The summed E-state index contributed by atoms with van der Waals surface area (Å²) in [6, 6.07) is 7.83. The van der Waals surface area contributed by atoms with Crippen LogP contribution in [0.3, 0.4) is 0 Å². The van der Waals surface area contributed by atoms with Gasteiger partial charge in [-0.25, -0.2) is 0 Å². The molecule has 2 rings (SSSR count). The number of para-hydroxylation sites is 1. The van der Waals surface area contributed by atoms with E-state index in [2.05, 4.69) is 19.2 Å². The summed E-state index contributed by atoms with van der Waals surface area (Å²) in [6.45, 7) is 4.95. The topological polar surface area (TPSA) is 49.4 Å². The van der Waals surface area contributed by atoms with Gasteiger partial charge >= 0.3 is 0 Å². The standard InChI is InChI=1S/C18H26N2O2/c1-4-6-11-20(3)18(22)15-12-14(15)17(21)19-16-10-8-7-9-13(16)5-2/h7-10,14-15H,4-6,11-12H2,1-3H3,(H,19,21). The summed E-state index contributed by atoms with van der Waals surface area (Å²) in [5, 5.41) is 2.98. The maximum absolute atomic E-state index is 12.3. The number of nitrogens with zero attached hydrogens (tertiary/aromatic N) is 1. The lowest BCUT2D eigenvalue weighted by molar-refractivity contribution is -0.132. The Morgan fingerprint density at radius 2 is 1.95 bits per heavy atom. The van der Waals surface area contributed by atoms with Gasteiger partial charge < -0.3 is 10.2 Å². The van der Waals surface area contributed by atoms with Gasteiger partial charge in [-0.15, -0.1) is 0 Å². The van der Waals surface area contributed by atoms with Crippen LogP contribution < -0.4 is 5.32 Å². The largest absolute Gasteiger partial charge is 0.346 e. The van der Waals surface area contributed by atoms with Crippen molar-refractivity contribution >= 4 is 17.5 Å². The Morgan fingerprint density at radius 3 is 2.64 bits per heavy atom. The van der Waals surface area contributed by atoms with Gasteiger partial charge in [0.1, 0.15) is 0 Å². The molecule has 0 radical (unpaired) electrons. The Morgan fingerprint density at radius 1 is 1.23 bits per heavy atom. The van der Waals surface area contributed by atoms with Crippen LogP contribution in [-0.4, -0.2) is 30.3 Å². The first-order chi connectivity index (χ1) is 10.6. The van der Waals surface area contributed by atoms with Crippen molar-refractivity contribution in [3.8, 4) is 0 Å². The molecule has 4 nitrogen and oxygen atoms in total. The monoisotopic (exact) mass is 302 g/mol. The minimum atomic E-state index is -0.165. The predicted molar refractivity (Wildman–Crippen MR) is 88.6 cm³/mol. The van der Waals surface area contributed by atoms with Crippen LogP contribution in [0.25, 0.3) is 0 Å². The number of benzene rings is 1. The molecular formula is C18H26N2O2. The molecule has 1 saturated carbocycles. The van der Waals surface area contributed by atoms with Crippen LogP contribution in [0.5, 0.6) is 0 Å². The van der Waals surface area contributed by atoms with Gasteiger partial charge in [-0.3, -0.25) is 9.59 Å². The molecule has 4 heteroatoms. The van der Waals surface area contributed by atoms with Crippen LogP contribution in [0.4, 0.5) is 5.69 Å². The molecule has 0 spiro atoms. The molecule has 22 heavy (non-hydrogen) atoms. The van der Waals surface area contributed by atoms with Gasteiger partial charge in [0.2, 0.25) is 11.8 Å². The minimum Gasteiger partial charge on any atom is -0.346 e. The summed E-state index contributed by atoms with van der Waals surface area (Å²) in [7, 11) is 1.83. The lowest BCUT2D eigenvalue weighted by Crippen LogP contribution is -2.30. The molecule has 0 bridgehead atoms. The summed E-state index contributed by atoms with van der Waals surface area (Å²) >= 11 is 0. The molecule has 1 aliphatic carbocycles. The van der Waals surface area contributed by atoms with Crippen molar-refractivity contribution in [2.75, 3.05) is 18.9 Å². The fourth-order valence-corrected chi connectivity index (χ4v) is 2.72. The molecule has 0 aromatic heterocycles. The third-order valence-electron chi connectivity index (χ3n) is 4.32. The zero-order valence-corrected chi connectivity index (χ0v) is 13.8. The normalized spacial score (nSPS) is 19.6. The van der Waals surface area contributed by atoms with E-state index in [1.54, 1.807) is 4.90 Å². The molecule has 1 aromatic carbocycles. The number of aryl methyl sites for hydroxylation is 1. The van der Waals surface area contributed by atoms with Gasteiger partial charge in [0.25, 0.3) is 0 Å². The van der Waals surface area contributed by atoms with Gasteiger partial charge in [0.15, 0.2) is 0 Å². The summed E-state index contributed by atoms with van der Waals surface area (Å²) in [6.07, 6.45) is 3.63. The Kier molecular flexibility index (Phi) is 5.58. The molecule has 2 amide bonds. The number of rotatable bonds is 7. The van der Waals surface area contributed by atoms with Crippen molar-refractivity contribution in [2.24, 2.45) is 11.8 Å². The molecule has 1 fully saturated rings. The van der Waals surface area contributed by atoms with Crippen molar-refractivity contribution in [1.82, 2.24) is 4.90 Å². The SMILES string of the molecule is CCCCN(C)C(=O)C1CC1C(=O)Nc1ccccc1CC. The van der Waals surface area contributed by atoms with Gasteiger partial charge in [0.05, 0.1) is 11.8 Å². The second-order valence-corrected chi connectivity index (χ2v) is 6.06. The van der Waals surface area contributed by atoms with Crippen molar-refractivity contribution in [1.29, 1.82) is 0 Å². The van der Waals surface area contributed by atoms with Crippen LogP contribution in [0.1, 0.15) is 38.7 Å². The number of hydrogen-bond donors (Lipinski definition) is 1. The molecule has 1 N–H and O–H groups in total. The van der Waals surface area contributed by atoms with Crippen molar-refractivity contribution < 1.29 is 9.59 Å². The molecule has 0 saturated heterocycles. The number of hydrogen-bond acceptors (Lipinski definition) is 2. The molecule has 0 heterocycles. The maximum atomic E-state index is 12.3. The first kappa shape index (κ1) is 16.5. The average molecular weight is 302 g/mol. The van der Waals surface area contributed by atoms with Crippen molar-refractivity contribution in [3.05, 3.63) is 29.8 Å². The van der Waals surface area contributed by atoms with Crippen molar-refractivity contribution in [2.45, 2.75) is 39.5 Å². The highest BCUT2D eigenvalue weighted by Crippen LogP contribution is 2.40. The number of anilines is 1. The first-order valence-electron chi connectivity index (χ1n) is 8.22. The molecule has 1 aliphatic rings. The van der Waals surface area contributed by atoms with E-state index in [0.29, 0.717) is 6.42 Å². The predicted octanol–water partition coefficient (Wildman–Crippen LogP) is 3.08. The third kappa shape index (κ3) is 3.87. The summed E-state index contributed by atoms with van der Waals surface area (Å²) in [5.41, 5.74) is 1.99. The van der Waals surface area contributed by atoms with Gasteiger partial charge in [0, 0.05) is 19.3 Å². The van der Waals surface area contributed by atoms with Crippen LogP contribution in [-0.2, 0) is 16.0 Å². The maximum Gasteiger partial charge on any atom is 0.228 e. The van der Waals surface area contributed by atoms with E-state index in [0.717, 1.165) is 37.1 Å². The van der Waals surface area contributed by atoms with Crippen LogP contribution in [0.2, 0.25) is 0 Å². The summed E-state index contributed by atoms with van der Waals surface area (Å²) < 4.78 is 0. The zero-order valence-electron chi connectivity index (χ0n) is 13.8. The highest BCUT2D eigenvalue weighted by atomic mass is 16.2. The molecular weight excluding hydrogens is 276 g/mol. The highest BCUT2D eigenvalue weighted by Gasteiger charge is 2.49. The molecule has 2 unspecified atom stereocenters. The highest BCUT2D eigenvalue weighted by molar-refractivity contribution is 5.99. The van der Waals surface area contributed by atoms with E-state index in [-0.39, 0.29) is 23.7 Å². The van der Waals surface area contributed by atoms with E-state index in [1.807, 2.05) is 31.3 Å². The lowest BCUT2D eigenvalue weighted by Gasteiger charge is -2.16. The smallest absolute Gasteiger partial charge is 0.228 e. The van der Waals surface area contributed by atoms with E-state index in [1.165, 1.54) is 0 Å². The Labute approximate surface area is 132 Å². The van der Waals surface area contributed by atoms with Gasteiger partial charge in [-0.2, -0.15) is 0 Å². The van der Waals surface area contributed by atoms with Crippen LogP contribution in [0, 0.1) is 11.8 Å². The van der Waals surface area contributed by atoms with Crippen LogP contribution >= 0.6 is 0 Å². The summed E-state index contributed by atoms with van der Waals surface area (Å²) in [4.78, 5) is 26.3. The minimum absolute atomic E-state index is 0.0249. The van der Waals surface area contributed by atoms with Gasteiger partial charge in [-0.05, 0) is 30.9 Å². The lowest BCUT2D eigenvalue weighted by atomic mass is 10.1. The molecule has 120 valence electrons. The van der Waals surface area contributed by atoms with E-state index in [4.69, 9.17) is 0 Å². The quantitative estimate of drug-likeness (QED) is 0.841. The first-order valence-corrected chi connectivity index (χ1v) is 8.22. The van der Waals surface area contributed by atoms with Gasteiger partial charge in [-0.1, -0.05) is 38.5 Å². The Bertz CT molecular complexity index is 542. The van der Waals surface area contributed by atoms with Crippen LogP contribution in [0.15, 0.2) is 24.3 Å².